The highest BCUT2D eigenvalue weighted by Gasteiger charge is 2.48. The van der Waals surface area contributed by atoms with E-state index < -0.39 is 17.6 Å². The third-order valence-electron chi connectivity index (χ3n) is 8.20. The zero-order valence-electron chi connectivity index (χ0n) is 20.0. The van der Waals surface area contributed by atoms with Crippen molar-refractivity contribution in [2.75, 3.05) is 13.7 Å². The summed E-state index contributed by atoms with van der Waals surface area (Å²) in [6.45, 7) is 0.249. The average Bonchev–Trinajstić information content (AvgIpc) is 3.18. The second-order valence-corrected chi connectivity index (χ2v) is 10.1. The predicted octanol–water partition coefficient (Wildman–Crippen LogP) is 4.55. The first-order valence-corrected chi connectivity index (χ1v) is 12.5. The van der Waals surface area contributed by atoms with Gasteiger partial charge in [-0.1, -0.05) is 67.8 Å². The van der Waals surface area contributed by atoms with Crippen molar-refractivity contribution in [2.24, 2.45) is 5.92 Å². The minimum absolute atomic E-state index is 0.000202. The lowest BCUT2D eigenvalue weighted by atomic mass is 9.76. The van der Waals surface area contributed by atoms with Gasteiger partial charge in [-0.2, -0.15) is 0 Å². The second kappa shape index (κ2) is 9.36. The van der Waals surface area contributed by atoms with E-state index in [1.165, 1.54) is 16.0 Å². The Morgan fingerprint density at radius 1 is 0.971 bits per heavy atom. The number of benzene rings is 2. The Hall–Kier alpha value is -3.35. The molecule has 3 aliphatic carbocycles. The van der Waals surface area contributed by atoms with Crippen LogP contribution in [0.15, 0.2) is 48.5 Å². The number of carboxylic acid groups (broad SMARTS) is 1. The third kappa shape index (κ3) is 4.17. The number of nitrogens with zero attached hydrogens (tertiary/aromatic N) is 1. The van der Waals surface area contributed by atoms with Gasteiger partial charge in [0.25, 0.3) is 0 Å². The van der Waals surface area contributed by atoms with E-state index in [0.29, 0.717) is 25.7 Å². The Morgan fingerprint density at radius 2 is 1.54 bits per heavy atom. The number of likely N-dealkylation sites (N-methyl/N-ethyl adjacent to an activating group) is 1. The number of amides is 2. The van der Waals surface area contributed by atoms with E-state index in [9.17, 15) is 19.5 Å². The minimum Gasteiger partial charge on any atom is -0.479 e. The molecule has 0 unspecified atom stereocenters. The number of nitrogens with one attached hydrogen (secondary N) is 1. The van der Waals surface area contributed by atoms with Crippen LogP contribution in [0.2, 0.25) is 0 Å². The molecule has 2 fully saturated rings. The second-order valence-electron chi connectivity index (χ2n) is 10.1. The highest BCUT2D eigenvalue weighted by molar-refractivity contribution is 5.88. The highest BCUT2D eigenvalue weighted by atomic mass is 16.5. The van der Waals surface area contributed by atoms with Crippen LogP contribution in [-0.4, -0.2) is 53.2 Å². The van der Waals surface area contributed by atoms with Gasteiger partial charge in [-0.25, -0.2) is 9.59 Å². The van der Waals surface area contributed by atoms with E-state index in [0.717, 1.165) is 30.4 Å². The van der Waals surface area contributed by atoms with Crippen LogP contribution in [0.5, 0.6) is 0 Å². The summed E-state index contributed by atoms with van der Waals surface area (Å²) in [6, 6.07) is 16.3. The molecule has 184 valence electrons. The van der Waals surface area contributed by atoms with Gasteiger partial charge in [0, 0.05) is 24.9 Å². The van der Waals surface area contributed by atoms with Crippen LogP contribution < -0.4 is 5.32 Å². The predicted molar refractivity (Wildman–Crippen MR) is 131 cm³/mol. The maximum absolute atomic E-state index is 13.0. The van der Waals surface area contributed by atoms with E-state index in [1.807, 2.05) is 24.3 Å². The number of ether oxygens (including phenoxy) is 1. The van der Waals surface area contributed by atoms with E-state index in [2.05, 4.69) is 29.6 Å². The first-order valence-electron chi connectivity index (χ1n) is 12.5. The topological polar surface area (TPSA) is 95.9 Å². The normalized spacial score (nSPS) is 22.3. The van der Waals surface area contributed by atoms with Crippen LogP contribution in [0.3, 0.4) is 0 Å². The Bertz CT molecular complexity index is 1090. The van der Waals surface area contributed by atoms with Crippen LogP contribution in [0, 0.1) is 5.92 Å². The summed E-state index contributed by atoms with van der Waals surface area (Å²) in [5.41, 5.74) is 3.58. The number of carboxylic acids is 1. The molecule has 0 saturated heterocycles. The van der Waals surface area contributed by atoms with Gasteiger partial charge in [0.1, 0.15) is 12.1 Å². The molecule has 0 atom stereocenters. The van der Waals surface area contributed by atoms with Crippen molar-refractivity contribution in [3.63, 3.8) is 0 Å². The van der Waals surface area contributed by atoms with Crippen molar-refractivity contribution < 1.29 is 24.2 Å². The Labute approximate surface area is 205 Å². The molecule has 2 saturated carbocycles. The maximum atomic E-state index is 13.0. The van der Waals surface area contributed by atoms with Gasteiger partial charge in [-0.15, -0.1) is 0 Å². The molecule has 0 spiro atoms. The number of alkyl carbamates (subject to hydrolysis) is 1. The molecule has 35 heavy (non-hydrogen) atoms. The quantitative estimate of drug-likeness (QED) is 0.638. The number of aliphatic carboxylic acids is 1. The van der Waals surface area contributed by atoms with Gasteiger partial charge in [0.15, 0.2) is 0 Å². The van der Waals surface area contributed by atoms with E-state index in [4.69, 9.17) is 4.74 Å². The average molecular weight is 477 g/mol. The Kier molecular flexibility index (Phi) is 6.26. The monoisotopic (exact) mass is 476 g/mol. The lowest BCUT2D eigenvalue weighted by Crippen LogP contribution is -2.60. The van der Waals surface area contributed by atoms with Gasteiger partial charge in [0.05, 0.1) is 0 Å². The number of hydrogen-bond acceptors (Lipinski definition) is 4. The molecular formula is C28H32N2O5. The van der Waals surface area contributed by atoms with Crippen molar-refractivity contribution in [2.45, 2.75) is 62.4 Å². The van der Waals surface area contributed by atoms with Gasteiger partial charge in [-0.3, -0.25) is 4.79 Å². The van der Waals surface area contributed by atoms with E-state index >= 15 is 0 Å². The van der Waals surface area contributed by atoms with Crippen molar-refractivity contribution >= 4 is 18.0 Å². The fourth-order valence-electron chi connectivity index (χ4n) is 6.06. The standard InChI is InChI=1S/C28H32N2O5/c1-30(28(26(32)33)13-7-2-8-14-28)25(31)18-15-19(16-18)29-27(34)35-17-24-22-11-5-3-9-20(22)21-10-4-6-12-23(21)24/h3-6,9-12,18-19,24H,2,7-8,13-17H2,1H3,(H,29,34)(H,32,33). The smallest absolute Gasteiger partial charge is 0.407 e. The highest BCUT2D eigenvalue weighted by Crippen LogP contribution is 2.44. The molecule has 0 bridgehead atoms. The molecule has 2 N–H and O–H groups in total. The summed E-state index contributed by atoms with van der Waals surface area (Å²) in [7, 11) is 1.62. The van der Waals surface area contributed by atoms with Crippen LogP contribution in [0.1, 0.15) is 62.0 Å². The zero-order chi connectivity index (χ0) is 24.6. The third-order valence-corrected chi connectivity index (χ3v) is 8.20. The van der Waals surface area contributed by atoms with Crippen molar-refractivity contribution in [1.29, 1.82) is 0 Å². The Balaban J connectivity index is 1.13. The number of carbonyl (C=O) groups excluding carboxylic acids is 2. The van der Waals surface area contributed by atoms with Gasteiger partial charge in [0.2, 0.25) is 5.91 Å². The van der Waals surface area contributed by atoms with Crippen LogP contribution in [-0.2, 0) is 14.3 Å². The molecule has 0 aromatic heterocycles. The van der Waals surface area contributed by atoms with Crippen molar-refractivity contribution in [1.82, 2.24) is 10.2 Å². The van der Waals surface area contributed by atoms with Crippen molar-refractivity contribution in [3.8, 4) is 11.1 Å². The molecule has 2 amide bonds. The molecule has 5 rings (SSSR count). The number of carbonyl (C=O) groups is 3. The molecule has 0 radical (unpaired) electrons. The van der Waals surface area contributed by atoms with E-state index in [1.54, 1.807) is 7.05 Å². The van der Waals surface area contributed by atoms with Crippen LogP contribution in [0.4, 0.5) is 4.79 Å². The summed E-state index contributed by atoms with van der Waals surface area (Å²) in [5, 5.41) is 12.7. The fourth-order valence-corrected chi connectivity index (χ4v) is 6.06. The zero-order valence-corrected chi connectivity index (χ0v) is 20.0. The fraction of sp³-hybridized carbons (Fsp3) is 0.464. The molecule has 7 heteroatoms. The SMILES string of the molecule is CN(C(=O)C1CC(NC(=O)OCC2c3ccccc3-c3ccccc32)C1)C1(C(=O)O)CCCCC1. The molecule has 2 aromatic rings. The van der Waals surface area contributed by atoms with Crippen LogP contribution in [0.25, 0.3) is 11.1 Å². The lowest BCUT2D eigenvalue weighted by molar-refractivity contribution is -0.163. The molecule has 0 heterocycles. The summed E-state index contributed by atoms with van der Waals surface area (Å²) < 4.78 is 5.61. The van der Waals surface area contributed by atoms with E-state index in [-0.39, 0.29) is 30.4 Å². The molecule has 2 aromatic carbocycles. The Morgan fingerprint density at radius 3 is 2.11 bits per heavy atom. The molecule has 3 aliphatic rings. The number of rotatable bonds is 6. The first kappa shape index (κ1) is 23.4. The summed E-state index contributed by atoms with van der Waals surface area (Å²) >= 11 is 0. The first-order chi connectivity index (χ1) is 16.9. The van der Waals surface area contributed by atoms with Crippen LogP contribution >= 0.6 is 0 Å². The summed E-state index contributed by atoms with van der Waals surface area (Å²) in [4.78, 5) is 39.0. The van der Waals surface area contributed by atoms with Gasteiger partial charge >= 0.3 is 12.1 Å². The minimum atomic E-state index is -1.10. The number of hydrogen-bond donors (Lipinski definition) is 2. The molecular weight excluding hydrogens is 444 g/mol. The maximum Gasteiger partial charge on any atom is 0.407 e. The summed E-state index contributed by atoms with van der Waals surface area (Å²) in [6.07, 6.45) is 4.17. The summed E-state index contributed by atoms with van der Waals surface area (Å²) in [5.74, 6) is -1.32. The number of fused-ring (bicyclic) bond motifs is 3. The van der Waals surface area contributed by atoms with Gasteiger partial charge in [-0.05, 0) is 47.9 Å². The van der Waals surface area contributed by atoms with Crippen molar-refractivity contribution in [3.05, 3.63) is 59.7 Å². The molecule has 7 nitrogen and oxygen atoms in total. The molecule has 0 aliphatic heterocycles. The lowest BCUT2D eigenvalue weighted by Gasteiger charge is -2.45. The van der Waals surface area contributed by atoms with Gasteiger partial charge < -0.3 is 20.1 Å². The largest absolute Gasteiger partial charge is 0.479 e.